The van der Waals surface area contributed by atoms with Crippen molar-refractivity contribution in [2.75, 3.05) is 39.4 Å². The summed E-state index contributed by atoms with van der Waals surface area (Å²) >= 11 is 0. The van der Waals surface area contributed by atoms with Crippen molar-refractivity contribution in [3.63, 3.8) is 0 Å². The van der Waals surface area contributed by atoms with Gasteiger partial charge in [-0.05, 0) is 43.1 Å². The number of nitrogens with zero attached hydrogens (tertiary/aromatic N) is 4. The highest BCUT2D eigenvalue weighted by Gasteiger charge is 2.27. The van der Waals surface area contributed by atoms with Gasteiger partial charge in [-0.2, -0.15) is 0 Å². The number of ether oxygens (including phenoxy) is 1. The Kier molecular flexibility index (Phi) is 7.09. The lowest BCUT2D eigenvalue weighted by Crippen LogP contribution is -2.38. The zero-order valence-corrected chi connectivity index (χ0v) is 20.9. The summed E-state index contributed by atoms with van der Waals surface area (Å²) in [5.74, 6) is 0.613. The van der Waals surface area contributed by atoms with E-state index < -0.39 is 0 Å². The molecule has 0 aliphatic carbocycles. The fourth-order valence-corrected chi connectivity index (χ4v) is 5.38. The van der Waals surface area contributed by atoms with Crippen LogP contribution in [-0.4, -0.2) is 64.3 Å². The van der Waals surface area contributed by atoms with Crippen molar-refractivity contribution in [1.29, 1.82) is 0 Å². The minimum Gasteiger partial charge on any atom is -0.379 e. The molecule has 36 heavy (non-hydrogen) atoms. The monoisotopic (exact) mass is 507 g/mol. The number of amides is 1. The molecule has 0 atom stereocenters. The number of nitrogens with one attached hydrogen (secondary N) is 1. The lowest BCUT2D eigenvalue weighted by atomic mass is 10.0. The van der Waals surface area contributed by atoms with Crippen LogP contribution in [-0.2, 0) is 29.0 Å². The third kappa shape index (κ3) is 4.40. The van der Waals surface area contributed by atoms with Gasteiger partial charge in [-0.1, -0.05) is 30.3 Å². The number of fused-ring (bicyclic) bond motifs is 6. The summed E-state index contributed by atoms with van der Waals surface area (Å²) in [5.41, 5.74) is 3.69. The third-order valence-electron chi connectivity index (χ3n) is 7.11. The van der Waals surface area contributed by atoms with Crippen LogP contribution < -0.4 is 10.9 Å². The van der Waals surface area contributed by atoms with Crippen molar-refractivity contribution in [3.05, 3.63) is 64.4 Å². The smallest absolute Gasteiger partial charge is 0.261 e. The van der Waals surface area contributed by atoms with Gasteiger partial charge < -0.3 is 14.6 Å². The fraction of sp³-hybridized carbons (Fsp3) is 0.370. The van der Waals surface area contributed by atoms with Gasteiger partial charge in [0, 0.05) is 37.1 Å². The summed E-state index contributed by atoms with van der Waals surface area (Å²) in [6.45, 7) is 5.84. The van der Waals surface area contributed by atoms with Crippen molar-refractivity contribution in [3.8, 4) is 11.5 Å². The SMILES string of the molecule is Cl.O=C(Cn1c2c(c3ccccc31)CCn1c-2nc2ccccc2c1=O)NCCCN1CCOCC1. The van der Waals surface area contributed by atoms with Crippen molar-refractivity contribution in [2.24, 2.45) is 0 Å². The van der Waals surface area contributed by atoms with Crippen LogP contribution >= 0.6 is 12.4 Å². The lowest BCUT2D eigenvalue weighted by Gasteiger charge is -2.26. The molecule has 1 saturated heterocycles. The predicted octanol–water partition coefficient (Wildman–Crippen LogP) is 2.83. The van der Waals surface area contributed by atoms with E-state index in [1.54, 1.807) is 4.57 Å². The Morgan fingerprint density at radius 1 is 1.00 bits per heavy atom. The molecule has 4 aromatic rings. The van der Waals surface area contributed by atoms with E-state index in [4.69, 9.17) is 9.72 Å². The molecule has 188 valence electrons. The number of benzene rings is 2. The Bertz CT molecular complexity index is 1470. The number of carbonyl (C=O) groups is 1. The second-order valence-electron chi connectivity index (χ2n) is 9.25. The molecule has 1 N–H and O–H groups in total. The van der Waals surface area contributed by atoms with Gasteiger partial charge in [-0.15, -0.1) is 12.4 Å². The van der Waals surface area contributed by atoms with Crippen molar-refractivity contribution in [2.45, 2.75) is 25.9 Å². The van der Waals surface area contributed by atoms with E-state index in [1.807, 2.05) is 47.0 Å². The van der Waals surface area contributed by atoms with Gasteiger partial charge in [0.05, 0.1) is 29.8 Å². The number of aryl methyl sites for hydroxylation is 1. The molecule has 0 saturated carbocycles. The second kappa shape index (κ2) is 10.4. The molecule has 2 aromatic carbocycles. The quantitative estimate of drug-likeness (QED) is 0.406. The van der Waals surface area contributed by atoms with Crippen LogP contribution in [0.2, 0.25) is 0 Å². The largest absolute Gasteiger partial charge is 0.379 e. The Hall–Kier alpha value is -3.20. The van der Waals surface area contributed by atoms with Gasteiger partial charge in [0.2, 0.25) is 5.91 Å². The highest BCUT2D eigenvalue weighted by atomic mass is 35.5. The minimum absolute atomic E-state index is 0. The zero-order valence-electron chi connectivity index (χ0n) is 20.1. The molecule has 2 aliphatic heterocycles. The standard InChI is InChI=1S/C27H29N5O3.ClH/c33-24(28-11-5-12-30-14-16-35-17-15-30)18-32-23-9-4-2-6-19(23)20-10-13-31-26(25(20)32)29-22-8-3-1-7-21(22)27(31)34;/h1-4,6-9H,5,10-18H2,(H,28,33);1H. The number of aromatic nitrogens is 3. The van der Waals surface area contributed by atoms with E-state index in [9.17, 15) is 9.59 Å². The molecule has 2 aromatic heterocycles. The summed E-state index contributed by atoms with van der Waals surface area (Å²) in [5, 5.41) is 4.84. The van der Waals surface area contributed by atoms with E-state index >= 15 is 0 Å². The number of morpholine rings is 1. The van der Waals surface area contributed by atoms with Gasteiger partial charge >= 0.3 is 0 Å². The highest BCUT2D eigenvalue weighted by molar-refractivity contribution is 5.93. The molecule has 9 heteroatoms. The topological polar surface area (TPSA) is 81.4 Å². The van der Waals surface area contributed by atoms with Crippen LogP contribution in [0.4, 0.5) is 0 Å². The number of halogens is 1. The Morgan fingerprint density at radius 2 is 1.75 bits per heavy atom. The van der Waals surface area contributed by atoms with Crippen LogP contribution in [0.15, 0.2) is 53.3 Å². The van der Waals surface area contributed by atoms with Crippen LogP contribution in [0.3, 0.4) is 0 Å². The van der Waals surface area contributed by atoms with E-state index in [0.717, 1.165) is 67.8 Å². The first-order chi connectivity index (χ1) is 17.2. The van der Waals surface area contributed by atoms with E-state index in [1.165, 1.54) is 0 Å². The first-order valence-electron chi connectivity index (χ1n) is 12.4. The van der Waals surface area contributed by atoms with Crippen molar-refractivity contribution >= 4 is 40.1 Å². The van der Waals surface area contributed by atoms with Crippen molar-refractivity contribution < 1.29 is 9.53 Å². The van der Waals surface area contributed by atoms with Crippen LogP contribution in [0.1, 0.15) is 12.0 Å². The molecule has 0 unspecified atom stereocenters. The van der Waals surface area contributed by atoms with Gasteiger partial charge in [0.1, 0.15) is 6.54 Å². The maximum absolute atomic E-state index is 13.3. The molecule has 0 bridgehead atoms. The summed E-state index contributed by atoms with van der Waals surface area (Å²) in [4.78, 5) is 33.6. The normalized spacial score (nSPS) is 15.3. The third-order valence-corrected chi connectivity index (χ3v) is 7.11. The van der Waals surface area contributed by atoms with Crippen molar-refractivity contribution in [1.82, 2.24) is 24.3 Å². The molecule has 1 fully saturated rings. The number of para-hydroxylation sites is 2. The molecular weight excluding hydrogens is 478 g/mol. The Labute approximate surface area is 215 Å². The fourth-order valence-electron chi connectivity index (χ4n) is 5.38. The zero-order chi connectivity index (χ0) is 23.8. The molecule has 0 radical (unpaired) electrons. The summed E-state index contributed by atoms with van der Waals surface area (Å²) < 4.78 is 9.20. The average molecular weight is 508 g/mol. The molecule has 0 spiro atoms. The average Bonchev–Trinajstić information content (AvgIpc) is 3.21. The van der Waals surface area contributed by atoms with E-state index in [0.29, 0.717) is 29.8 Å². The molecule has 8 nitrogen and oxygen atoms in total. The van der Waals surface area contributed by atoms with E-state index in [-0.39, 0.29) is 30.4 Å². The maximum atomic E-state index is 13.3. The summed E-state index contributed by atoms with van der Waals surface area (Å²) in [7, 11) is 0. The van der Waals surface area contributed by atoms with Crippen LogP contribution in [0, 0.1) is 0 Å². The lowest BCUT2D eigenvalue weighted by molar-refractivity contribution is -0.121. The van der Waals surface area contributed by atoms with Gasteiger partial charge in [-0.25, -0.2) is 4.98 Å². The first kappa shape index (κ1) is 24.5. The minimum atomic E-state index is -0.0317. The Morgan fingerprint density at radius 3 is 2.58 bits per heavy atom. The molecule has 4 heterocycles. The van der Waals surface area contributed by atoms with Gasteiger partial charge in [0.25, 0.3) is 5.56 Å². The number of hydrogen-bond acceptors (Lipinski definition) is 5. The molecule has 2 aliphatic rings. The Balaban J connectivity index is 0.00000267. The molecule has 1 amide bonds. The summed E-state index contributed by atoms with van der Waals surface area (Å²) in [6, 6.07) is 15.6. The first-order valence-corrected chi connectivity index (χ1v) is 12.4. The predicted molar refractivity (Wildman–Crippen MR) is 143 cm³/mol. The number of hydrogen-bond donors (Lipinski definition) is 1. The summed E-state index contributed by atoms with van der Waals surface area (Å²) in [6.07, 6.45) is 1.64. The second-order valence-corrected chi connectivity index (χ2v) is 9.25. The molecule has 6 rings (SSSR count). The number of rotatable bonds is 6. The van der Waals surface area contributed by atoms with Crippen LogP contribution in [0.5, 0.6) is 0 Å². The number of carbonyl (C=O) groups excluding carboxylic acids is 1. The van der Waals surface area contributed by atoms with Gasteiger partial charge in [0.15, 0.2) is 5.82 Å². The van der Waals surface area contributed by atoms with Gasteiger partial charge in [-0.3, -0.25) is 19.1 Å². The maximum Gasteiger partial charge on any atom is 0.261 e. The molecular formula is C27H30ClN5O3. The van der Waals surface area contributed by atoms with E-state index in [2.05, 4.69) is 16.3 Å². The highest BCUT2D eigenvalue weighted by Crippen LogP contribution is 2.36. The van der Waals surface area contributed by atoms with Crippen LogP contribution in [0.25, 0.3) is 33.3 Å².